The van der Waals surface area contributed by atoms with Crippen LogP contribution in [0, 0.1) is 0 Å². The number of nitrogens with zero attached hydrogens (tertiary/aromatic N) is 2. The smallest absolute Gasteiger partial charge is 0.310 e. The molecule has 4 rings (SSSR count). The van der Waals surface area contributed by atoms with E-state index in [4.69, 9.17) is 22.1 Å². The normalized spacial score (nSPS) is 24.4. The summed E-state index contributed by atoms with van der Waals surface area (Å²) in [6.07, 6.45) is 4.77. The highest BCUT2D eigenvalue weighted by molar-refractivity contribution is 6.30. The Hall–Kier alpha value is -2.21. The molecular formula is C18H16ClF2N3O. The Balaban J connectivity index is 1.91. The minimum absolute atomic E-state index is 0.186. The Morgan fingerprint density at radius 3 is 2.80 bits per heavy atom. The Kier molecular flexibility index (Phi) is 3.68. The number of halogens is 3. The molecule has 0 radical (unpaired) electrons. The van der Waals surface area contributed by atoms with Crippen LogP contribution in [-0.2, 0) is 16.7 Å². The van der Waals surface area contributed by atoms with Gasteiger partial charge in [0, 0.05) is 18.0 Å². The minimum atomic E-state index is -3.13. The van der Waals surface area contributed by atoms with Crippen LogP contribution in [0.3, 0.4) is 0 Å². The number of nitrogens with two attached hydrogens (primary N) is 1. The predicted octanol–water partition coefficient (Wildman–Crippen LogP) is 3.91. The number of ether oxygens (including phenoxy) is 1. The van der Waals surface area contributed by atoms with E-state index in [-0.39, 0.29) is 12.4 Å². The summed E-state index contributed by atoms with van der Waals surface area (Å²) in [6.45, 7) is -0.759. The highest BCUT2D eigenvalue weighted by atomic mass is 35.5. The highest BCUT2D eigenvalue weighted by Crippen LogP contribution is 2.51. The van der Waals surface area contributed by atoms with E-state index in [1.54, 1.807) is 18.3 Å². The first-order valence-electron chi connectivity index (χ1n) is 8.02. The number of amidine groups is 1. The molecule has 1 unspecified atom stereocenters. The fourth-order valence-electron chi connectivity index (χ4n) is 3.68. The van der Waals surface area contributed by atoms with Crippen LogP contribution in [0.25, 0.3) is 11.1 Å². The zero-order valence-electron chi connectivity index (χ0n) is 13.3. The van der Waals surface area contributed by atoms with Crippen LogP contribution >= 0.6 is 11.6 Å². The lowest BCUT2D eigenvalue weighted by Gasteiger charge is -2.43. The van der Waals surface area contributed by atoms with Gasteiger partial charge < -0.3 is 10.5 Å². The van der Waals surface area contributed by atoms with E-state index in [1.807, 2.05) is 12.1 Å². The second kappa shape index (κ2) is 5.66. The van der Waals surface area contributed by atoms with Gasteiger partial charge >= 0.3 is 5.92 Å². The molecular weight excluding hydrogens is 348 g/mol. The Morgan fingerprint density at radius 2 is 2.00 bits per heavy atom. The van der Waals surface area contributed by atoms with Crippen molar-refractivity contribution in [1.82, 2.24) is 4.98 Å². The van der Waals surface area contributed by atoms with Gasteiger partial charge in [-0.1, -0.05) is 23.7 Å². The third-order valence-electron chi connectivity index (χ3n) is 4.89. The molecule has 0 fully saturated rings. The molecule has 0 saturated heterocycles. The third kappa shape index (κ3) is 2.56. The van der Waals surface area contributed by atoms with Crippen molar-refractivity contribution in [2.75, 3.05) is 6.61 Å². The van der Waals surface area contributed by atoms with Crippen molar-refractivity contribution in [3.8, 4) is 11.1 Å². The molecule has 0 amide bonds. The predicted molar refractivity (Wildman–Crippen MR) is 91.8 cm³/mol. The van der Waals surface area contributed by atoms with Crippen molar-refractivity contribution >= 4 is 17.6 Å². The van der Waals surface area contributed by atoms with Crippen molar-refractivity contribution in [3.05, 3.63) is 52.8 Å². The van der Waals surface area contributed by atoms with Crippen molar-refractivity contribution in [1.29, 1.82) is 0 Å². The Labute approximate surface area is 148 Å². The van der Waals surface area contributed by atoms with E-state index in [2.05, 4.69) is 9.98 Å². The minimum Gasteiger partial charge on any atom is -0.459 e. The Bertz CT molecular complexity index is 871. The number of hydrogen-bond donors (Lipinski definition) is 1. The molecule has 2 aromatic rings. The molecule has 0 saturated carbocycles. The van der Waals surface area contributed by atoms with Gasteiger partial charge in [-0.05, 0) is 48.1 Å². The molecule has 2 heterocycles. The van der Waals surface area contributed by atoms with Crippen molar-refractivity contribution in [2.24, 2.45) is 10.7 Å². The van der Waals surface area contributed by atoms with Crippen LogP contribution in [0.5, 0.6) is 0 Å². The summed E-state index contributed by atoms with van der Waals surface area (Å²) in [5.41, 5.74) is 6.89. The summed E-state index contributed by atoms with van der Waals surface area (Å²) < 4.78 is 34.6. The molecule has 1 aromatic heterocycles. The summed E-state index contributed by atoms with van der Waals surface area (Å²) in [5.74, 6) is -3.13. The van der Waals surface area contributed by atoms with E-state index in [0.29, 0.717) is 17.0 Å². The maximum absolute atomic E-state index is 14.9. The van der Waals surface area contributed by atoms with Crippen LogP contribution in [0.15, 0.2) is 41.7 Å². The molecule has 1 aliphatic heterocycles. The number of hydrogen-bond acceptors (Lipinski definition) is 4. The van der Waals surface area contributed by atoms with Crippen molar-refractivity contribution in [2.45, 2.75) is 30.7 Å². The zero-order chi connectivity index (χ0) is 17.7. The molecule has 4 nitrogen and oxygen atoms in total. The van der Waals surface area contributed by atoms with E-state index in [1.165, 1.54) is 6.20 Å². The first-order chi connectivity index (χ1) is 11.9. The molecule has 1 aromatic carbocycles. The quantitative estimate of drug-likeness (QED) is 0.835. The lowest BCUT2D eigenvalue weighted by Crippen LogP contribution is -2.54. The van der Waals surface area contributed by atoms with Gasteiger partial charge in [-0.25, -0.2) is 4.99 Å². The summed E-state index contributed by atoms with van der Waals surface area (Å²) in [7, 11) is 0. The van der Waals surface area contributed by atoms with Gasteiger partial charge in [0.1, 0.15) is 0 Å². The van der Waals surface area contributed by atoms with Crippen LogP contribution in [0.2, 0.25) is 5.02 Å². The van der Waals surface area contributed by atoms with Gasteiger partial charge in [0.25, 0.3) is 6.02 Å². The molecule has 2 aliphatic rings. The van der Waals surface area contributed by atoms with E-state index in [0.717, 1.165) is 23.1 Å². The molecule has 1 spiro atoms. The van der Waals surface area contributed by atoms with Gasteiger partial charge in [0.2, 0.25) is 0 Å². The number of alkyl halides is 2. The monoisotopic (exact) mass is 363 g/mol. The number of aryl methyl sites for hydroxylation is 1. The third-order valence-corrected chi connectivity index (χ3v) is 5.09. The number of aliphatic imine (C=N–C) groups is 1. The number of fused-ring (bicyclic) bond motifs is 2. The zero-order valence-corrected chi connectivity index (χ0v) is 14.1. The largest absolute Gasteiger partial charge is 0.459 e. The van der Waals surface area contributed by atoms with E-state index < -0.39 is 18.1 Å². The summed E-state index contributed by atoms with van der Waals surface area (Å²) in [5, 5.41) is 0.489. The second-order valence-corrected chi connectivity index (χ2v) is 6.86. The average Bonchev–Trinajstić information content (AvgIpc) is 2.59. The summed E-state index contributed by atoms with van der Waals surface area (Å²) in [6, 6.07) is 7.11. The van der Waals surface area contributed by atoms with Gasteiger partial charge in [0.05, 0.1) is 5.02 Å². The number of aromatic nitrogens is 1. The maximum atomic E-state index is 14.9. The Morgan fingerprint density at radius 1 is 1.16 bits per heavy atom. The summed E-state index contributed by atoms with van der Waals surface area (Å²) in [4.78, 5) is 8.17. The topological polar surface area (TPSA) is 60.5 Å². The SMILES string of the molecule is NC1=NC2(CCCc3ccc(-c4cncc(Cl)c4)cc32)C(F)(F)CO1. The van der Waals surface area contributed by atoms with Crippen LogP contribution in [0.4, 0.5) is 8.78 Å². The van der Waals surface area contributed by atoms with Gasteiger partial charge in [0.15, 0.2) is 12.1 Å². The second-order valence-electron chi connectivity index (χ2n) is 6.42. The van der Waals surface area contributed by atoms with Crippen LogP contribution < -0.4 is 5.73 Å². The average molecular weight is 364 g/mol. The molecule has 0 bridgehead atoms. The van der Waals surface area contributed by atoms with Crippen LogP contribution in [-0.4, -0.2) is 23.5 Å². The van der Waals surface area contributed by atoms with E-state index >= 15 is 0 Å². The fourth-order valence-corrected chi connectivity index (χ4v) is 3.85. The van der Waals surface area contributed by atoms with Gasteiger partial charge in [-0.2, -0.15) is 8.78 Å². The van der Waals surface area contributed by atoms with Crippen LogP contribution in [0.1, 0.15) is 24.0 Å². The number of pyridine rings is 1. The molecule has 1 atom stereocenters. The van der Waals surface area contributed by atoms with Gasteiger partial charge in [-0.3, -0.25) is 4.98 Å². The maximum Gasteiger partial charge on any atom is 0.310 e. The lowest BCUT2D eigenvalue weighted by molar-refractivity contribution is -0.127. The molecule has 1 aliphatic carbocycles. The highest BCUT2D eigenvalue weighted by Gasteiger charge is 2.59. The lowest BCUT2D eigenvalue weighted by atomic mass is 9.72. The number of benzene rings is 1. The van der Waals surface area contributed by atoms with Crippen molar-refractivity contribution in [3.63, 3.8) is 0 Å². The standard InChI is InChI=1S/C18H16ClF2N3O/c19-14-6-13(8-23-9-14)12-4-3-11-2-1-5-17(15(11)7-12)18(20,21)10-25-16(22)24-17/h3-4,6-9H,1-2,5,10H2,(H2,22,24). The van der Waals surface area contributed by atoms with Gasteiger partial charge in [-0.15, -0.1) is 0 Å². The molecule has 25 heavy (non-hydrogen) atoms. The van der Waals surface area contributed by atoms with Crippen molar-refractivity contribution < 1.29 is 13.5 Å². The number of rotatable bonds is 1. The molecule has 7 heteroatoms. The molecule has 130 valence electrons. The first kappa shape index (κ1) is 16.3. The summed E-state index contributed by atoms with van der Waals surface area (Å²) >= 11 is 6.01. The molecule has 2 N–H and O–H groups in total. The first-order valence-corrected chi connectivity index (χ1v) is 8.39. The fraction of sp³-hybridized carbons (Fsp3) is 0.333. The van der Waals surface area contributed by atoms with E-state index in [9.17, 15) is 8.78 Å².